The molecule has 0 spiro atoms. The lowest BCUT2D eigenvalue weighted by atomic mass is 9.95. The molecule has 3 heterocycles. The first-order chi connectivity index (χ1) is 15.6. The summed E-state index contributed by atoms with van der Waals surface area (Å²) in [6.45, 7) is 6.56. The van der Waals surface area contributed by atoms with Crippen LogP contribution in [0.1, 0.15) is 38.1 Å². The van der Waals surface area contributed by atoms with Crippen LogP contribution in [-0.4, -0.2) is 52.5 Å². The number of anilines is 1. The summed E-state index contributed by atoms with van der Waals surface area (Å²) < 4.78 is 29.3. The van der Waals surface area contributed by atoms with E-state index >= 15 is 0 Å². The van der Waals surface area contributed by atoms with Gasteiger partial charge in [-0.05, 0) is 45.4 Å². The van der Waals surface area contributed by atoms with E-state index in [0.717, 1.165) is 10.00 Å². The van der Waals surface area contributed by atoms with Crippen LogP contribution in [0, 0.1) is 6.92 Å². The van der Waals surface area contributed by atoms with Crippen LogP contribution in [0.15, 0.2) is 40.7 Å². The van der Waals surface area contributed by atoms with Crippen molar-refractivity contribution >= 4 is 50.7 Å². The van der Waals surface area contributed by atoms with Gasteiger partial charge in [0.2, 0.25) is 10.0 Å². The van der Waals surface area contributed by atoms with Crippen LogP contribution in [0.25, 0.3) is 0 Å². The van der Waals surface area contributed by atoms with Crippen molar-refractivity contribution in [2.24, 2.45) is 5.16 Å². The molecule has 2 aliphatic heterocycles. The lowest BCUT2D eigenvalue weighted by Crippen LogP contribution is -2.47. The molecule has 2 aromatic rings. The molecular weight excluding hydrogens is 489 g/mol. The molecular formula is C21H23Cl2N5O4S. The zero-order valence-electron chi connectivity index (χ0n) is 18.5. The molecule has 0 radical (unpaired) electrons. The van der Waals surface area contributed by atoms with E-state index in [1.165, 1.54) is 0 Å². The molecule has 0 bridgehead atoms. The fraction of sp³-hybridized carbons (Fsp3) is 0.381. The van der Waals surface area contributed by atoms with Gasteiger partial charge in [-0.15, -0.1) is 0 Å². The Morgan fingerprint density at radius 2 is 1.97 bits per heavy atom. The number of fused-ring (bicyclic) bond motifs is 1. The highest BCUT2D eigenvalue weighted by molar-refractivity contribution is 7.91. The number of hydrogen-bond acceptors (Lipinski definition) is 7. The first-order valence-electron chi connectivity index (χ1n) is 10.3. The average molecular weight is 512 g/mol. The Morgan fingerprint density at radius 1 is 1.24 bits per heavy atom. The third-order valence-electron chi connectivity index (χ3n) is 5.67. The van der Waals surface area contributed by atoms with Crippen LogP contribution in [0.2, 0.25) is 10.0 Å². The van der Waals surface area contributed by atoms with Gasteiger partial charge in [0.05, 0.1) is 27.0 Å². The number of hydrogen-bond donors (Lipinski definition) is 1. The van der Waals surface area contributed by atoms with Gasteiger partial charge < -0.3 is 10.2 Å². The molecule has 12 heteroatoms. The summed E-state index contributed by atoms with van der Waals surface area (Å²) in [6, 6.07) is 6.18. The molecule has 2 aliphatic rings. The molecule has 2 atom stereocenters. The normalized spacial score (nSPS) is 20.1. The summed E-state index contributed by atoms with van der Waals surface area (Å²) in [5.74, 6) is 0.0211. The molecule has 33 heavy (non-hydrogen) atoms. The Kier molecular flexibility index (Phi) is 6.19. The fourth-order valence-corrected chi connectivity index (χ4v) is 6.09. The zero-order valence-corrected chi connectivity index (χ0v) is 20.8. The second-order valence-corrected chi connectivity index (χ2v) is 10.7. The van der Waals surface area contributed by atoms with Crippen molar-refractivity contribution in [2.75, 3.05) is 18.5 Å². The number of carbonyl (C=O) groups is 1. The van der Waals surface area contributed by atoms with E-state index in [4.69, 9.17) is 28.0 Å². The minimum Gasteiger partial charge on any atom is -0.394 e. The summed E-state index contributed by atoms with van der Waals surface area (Å²) in [6.07, 6.45) is 0. The van der Waals surface area contributed by atoms with Crippen molar-refractivity contribution in [3.63, 3.8) is 0 Å². The first kappa shape index (κ1) is 23.6. The molecule has 2 unspecified atom stereocenters. The molecule has 0 saturated carbocycles. The van der Waals surface area contributed by atoms with E-state index in [1.807, 2.05) is 13.0 Å². The quantitative estimate of drug-likeness (QED) is 0.655. The number of nitrogens with one attached hydrogen (secondary N) is 1. The maximum atomic E-state index is 13.9. The van der Waals surface area contributed by atoms with E-state index in [9.17, 15) is 13.2 Å². The minimum absolute atomic E-state index is 0.0547. The minimum atomic E-state index is -4.08. The summed E-state index contributed by atoms with van der Waals surface area (Å²) in [5, 5.41) is 11.1. The molecule has 1 amide bonds. The molecule has 0 saturated heterocycles. The van der Waals surface area contributed by atoms with Gasteiger partial charge in [-0.1, -0.05) is 34.4 Å². The Morgan fingerprint density at radius 3 is 2.58 bits per heavy atom. The molecule has 1 aromatic carbocycles. The lowest BCUT2D eigenvalue weighted by molar-refractivity contribution is -0.123. The molecule has 0 aliphatic carbocycles. The topological polar surface area (TPSA) is 106 Å². The number of rotatable bonds is 5. The number of aromatic nitrogens is 2. The van der Waals surface area contributed by atoms with Gasteiger partial charge in [0.25, 0.3) is 5.91 Å². The Balaban J connectivity index is 1.84. The highest BCUT2D eigenvalue weighted by Gasteiger charge is 2.43. The Labute approximate surface area is 202 Å². The van der Waals surface area contributed by atoms with Gasteiger partial charge in [-0.2, -0.15) is 5.10 Å². The number of benzene rings is 1. The van der Waals surface area contributed by atoms with Crippen LogP contribution < -0.4 is 5.32 Å². The van der Waals surface area contributed by atoms with Gasteiger partial charge >= 0.3 is 0 Å². The van der Waals surface area contributed by atoms with E-state index in [1.54, 1.807) is 43.7 Å². The average Bonchev–Trinajstić information content (AvgIpc) is 3.34. The number of oxime groups is 1. The van der Waals surface area contributed by atoms with Crippen molar-refractivity contribution in [3.8, 4) is 0 Å². The van der Waals surface area contributed by atoms with Crippen LogP contribution in [0.4, 0.5) is 5.82 Å². The second-order valence-electron chi connectivity index (χ2n) is 7.89. The molecule has 176 valence electrons. The number of allylic oxidation sites excluding steroid dienone is 1. The monoisotopic (exact) mass is 511 g/mol. The maximum absolute atomic E-state index is 13.9. The first-order valence-corrected chi connectivity index (χ1v) is 12.5. The van der Waals surface area contributed by atoms with Crippen molar-refractivity contribution < 1.29 is 18.0 Å². The predicted octanol–water partition coefficient (Wildman–Crippen LogP) is 3.74. The molecule has 1 N–H and O–H groups in total. The molecule has 4 rings (SSSR count). The summed E-state index contributed by atoms with van der Waals surface area (Å²) in [4.78, 5) is 18.8. The number of likely N-dealkylation sites (N-methyl/N-ethyl adjacent to an activating group) is 1. The molecule has 9 nitrogen and oxygen atoms in total. The molecule has 0 fully saturated rings. The third-order valence-corrected chi connectivity index (χ3v) is 8.64. The smallest absolute Gasteiger partial charge is 0.267 e. The second kappa shape index (κ2) is 8.66. The van der Waals surface area contributed by atoms with E-state index < -0.39 is 27.2 Å². The van der Waals surface area contributed by atoms with Gasteiger partial charge in [0.15, 0.2) is 5.25 Å². The van der Waals surface area contributed by atoms with Crippen LogP contribution in [-0.2, 0) is 19.7 Å². The van der Waals surface area contributed by atoms with Crippen LogP contribution >= 0.6 is 23.2 Å². The number of amides is 1. The highest BCUT2D eigenvalue weighted by atomic mass is 35.5. The van der Waals surface area contributed by atoms with Crippen molar-refractivity contribution in [1.82, 2.24) is 14.1 Å². The number of aryl methyl sites for hydroxylation is 1. The number of carbonyl (C=O) groups excluding carboxylic acids is 1. The van der Waals surface area contributed by atoms with E-state index in [2.05, 4.69) is 15.6 Å². The standard InChI is InChI=1S/C21H23Cl2N5O4S/c1-5-27(33(30,31)17-10-32-26-12(17)3)21(29)19-13(4)24-18-8-11(2)25-28(18)20(19)14-6-7-15(22)16(23)9-14/h6-9,17,20,24H,5,10H2,1-4H3. The predicted molar refractivity (Wildman–Crippen MR) is 127 cm³/mol. The summed E-state index contributed by atoms with van der Waals surface area (Å²) in [5.41, 5.74) is 2.44. The Hall–Kier alpha value is -2.56. The highest BCUT2D eigenvalue weighted by Crippen LogP contribution is 2.39. The van der Waals surface area contributed by atoms with Gasteiger partial charge in [-0.3, -0.25) is 4.79 Å². The van der Waals surface area contributed by atoms with Crippen molar-refractivity contribution in [3.05, 3.63) is 56.8 Å². The third kappa shape index (κ3) is 4.00. The van der Waals surface area contributed by atoms with Gasteiger partial charge in [0, 0.05) is 18.3 Å². The summed E-state index contributed by atoms with van der Waals surface area (Å²) in [7, 11) is -4.08. The number of nitrogens with zero attached hydrogens (tertiary/aromatic N) is 4. The largest absolute Gasteiger partial charge is 0.394 e. The van der Waals surface area contributed by atoms with Crippen LogP contribution in [0.3, 0.4) is 0 Å². The van der Waals surface area contributed by atoms with Crippen LogP contribution in [0.5, 0.6) is 0 Å². The zero-order chi connectivity index (χ0) is 24.1. The van der Waals surface area contributed by atoms with Gasteiger partial charge in [-0.25, -0.2) is 17.4 Å². The van der Waals surface area contributed by atoms with E-state index in [0.29, 0.717) is 32.8 Å². The number of sulfonamides is 1. The van der Waals surface area contributed by atoms with Crippen molar-refractivity contribution in [2.45, 2.75) is 39.0 Å². The van der Waals surface area contributed by atoms with Gasteiger partial charge in [0.1, 0.15) is 18.5 Å². The van der Waals surface area contributed by atoms with Crippen molar-refractivity contribution in [1.29, 1.82) is 0 Å². The van der Waals surface area contributed by atoms with E-state index in [-0.39, 0.29) is 18.7 Å². The maximum Gasteiger partial charge on any atom is 0.267 e. The fourth-order valence-electron chi connectivity index (χ4n) is 4.08. The SMILES string of the molecule is CCN(C(=O)C1=C(C)Nc2cc(C)nn2C1c1ccc(Cl)c(Cl)c1)S(=O)(=O)C1CON=C1C. The summed E-state index contributed by atoms with van der Waals surface area (Å²) >= 11 is 12.4. The number of halogens is 2. The Bertz CT molecular complexity index is 1300. The lowest BCUT2D eigenvalue weighted by Gasteiger charge is -2.33. The molecule has 1 aromatic heterocycles.